The van der Waals surface area contributed by atoms with E-state index in [4.69, 9.17) is 5.73 Å². The molecule has 0 aromatic heterocycles. The Kier molecular flexibility index (Phi) is 6.52. The highest BCUT2D eigenvalue weighted by Gasteiger charge is 2.18. The van der Waals surface area contributed by atoms with Gasteiger partial charge in [-0.3, -0.25) is 4.79 Å². The van der Waals surface area contributed by atoms with Crippen molar-refractivity contribution in [3.63, 3.8) is 0 Å². The van der Waals surface area contributed by atoms with Crippen molar-refractivity contribution in [3.8, 4) is 0 Å². The van der Waals surface area contributed by atoms with Gasteiger partial charge in [0.05, 0.1) is 6.04 Å². The number of likely N-dealkylation sites (tertiary alicyclic amines) is 1. The van der Waals surface area contributed by atoms with Gasteiger partial charge in [0.1, 0.15) is 0 Å². The third-order valence-corrected chi connectivity index (χ3v) is 3.51. The van der Waals surface area contributed by atoms with Crippen molar-refractivity contribution in [1.29, 1.82) is 0 Å². The lowest BCUT2D eigenvalue weighted by molar-refractivity contribution is -0.131. The van der Waals surface area contributed by atoms with E-state index in [1.807, 2.05) is 7.05 Å². The second kappa shape index (κ2) is 7.67. The predicted molar refractivity (Wildman–Crippen MR) is 70.8 cm³/mol. The lowest BCUT2D eigenvalue weighted by Crippen LogP contribution is -2.44. The molecule has 0 saturated carbocycles. The summed E-state index contributed by atoms with van der Waals surface area (Å²) in [5, 5.41) is 0. The van der Waals surface area contributed by atoms with Crippen molar-refractivity contribution in [2.75, 3.05) is 33.2 Å². The lowest BCUT2D eigenvalue weighted by atomic mass is 10.1. The molecule has 4 nitrogen and oxygen atoms in total. The van der Waals surface area contributed by atoms with Crippen LogP contribution in [-0.2, 0) is 4.79 Å². The summed E-state index contributed by atoms with van der Waals surface area (Å²) in [4.78, 5) is 16.1. The molecule has 1 heterocycles. The molecule has 17 heavy (non-hydrogen) atoms. The Hall–Kier alpha value is -0.610. The van der Waals surface area contributed by atoms with Crippen LogP contribution >= 0.6 is 0 Å². The Morgan fingerprint density at radius 3 is 2.65 bits per heavy atom. The summed E-state index contributed by atoms with van der Waals surface area (Å²) in [6.07, 6.45) is 5.54. The third kappa shape index (κ3) is 5.04. The highest BCUT2D eigenvalue weighted by Crippen LogP contribution is 2.07. The van der Waals surface area contributed by atoms with Gasteiger partial charge in [0.25, 0.3) is 0 Å². The number of nitrogens with zero attached hydrogens (tertiary/aromatic N) is 2. The fourth-order valence-electron chi connectivity index (χ4n) is 2.24. The molecular weight excluding hydrogens is 214 g/mol. The number of likely N-dealkylation sites (N-methyl/N-ethyl adjacent to an activating group) is 1. The smallest absolute Gasteiger partial charge is 0.239 e. The molecular formula is C13H27N3O. The van der Waals surface area contributed by atoms with Crippen LogP contribution in [-0.4, -0.2) is 55.0 Å². The molecule has 0 aromatic carbocycles. The minimum absolute atomic E-state index is 0.0950. The highest BCUT2D eigenvalue weighted by atomic mass is 16.2. The normalized spacial score (nSPS) is 18.3. The van der Waals surface area contributed by atoms with Gasteiger partial charge >= 0.3 is 0 Å². The monoisotopic (exact) mass is 241 g/mol. The summed E-state index contributed by atoms with van der Waals surface area (Å²) in [7, 11) is 1.87. The number of unbranched alkanes of at least 4 members (excludes halogenated alkanes) is 1. The van der Waals surface area contributed by atoms with Gasteiger partial charge in [-0.15, -0.1) is 0 Å². The van der Waals surface area contributed by atoms with Crippen molar-refractivity contribution in [1.82, 2.24) is 9.80 Å². The molecule has 100 valence electrons. The maximum atomic E-state index is 11.9. The molecule has 2 N–H and O–H groups in total. The van der Waals surface area contributed by atoms with E-state index >= 15 is 0 Å². The standard InChI is InChI=1S/C13H27N3O/c1-3-4-7-12(14)13(17)15(2)10-11-16-8-5-6-9-16/h12H,3-11,14H2,1-2H3/t12-/m0/s1. The number of carbonyl (C=O) groups is 1. The van der Waals surface area contributed by atoms with Crippen molar-refractivity contribution in [3.05, 3.63) is 0 Å². The topological polar surface area (TPSA) is 49.6 Å². The summed E-state index contributed by atoms with van der Waals surface area (Å²) < 4.78 is 0. The molecule has 0 spiro atoms. The Morgan fingerprint density at radius 1 is 1.41 bits per heavy atom. The maximum absolute atomic E-state index is 11.9. The van der Waals surface area contributed by atoms with Crippen LogP contribution in [0.2, 0.25) is 0 Å². The van der Waals surface area contributed by atoms with Gasteiger partial charge in [-0.2, -0.15) is 0 Å². The molecule has 1 saturated heterocycles. The third-order valence-electron chi connectivity index (χ3n) is 3.51. The van der Waals surface area contributed by atoms with E-state index in [9.17, 15) is 4.79 Å². The summed E-state index contributed by atoms with van der Waals surface area (Å²) in [5.74, 6) is 0.0950. The average Bonchev–Trinajstić information content (AvgIpc) is 2.85. The fraction of sp³-hybridized carbons (Fsp3) is 0.923. The number of hydrogen-bond donors (Lipinski definition) is 1. The summed E-state index contributed by atoms with van der Waals surface area (Å²) >= 11 is 0. The van der Waals surface area contributed by atoms with Crippen molar-refractivity contribution >= 4 is 5.91 Å². The predicted octanol–water partition coefficient (Wildman–Crippen LogP) is 1.06. The number of carbonyl (C=O) groups excluding carboxylic acids is 1. The van der Waals surface area contributed by atoms with Crippen LogP contribution in [0.1, 0.15) is 39.0 Å². The fourth-order valence-corrected chi connectivity index (χ4v) is 2.24. The van der Waals surface area contributed by atoms with Crippen LogP contribution in [0.4, 0.5) is 0 Å². The first-order valence-corrected chi connectivity index (χ1v) is 6.88. The highest BCUT2D eigenvalue weighted by molar-refractivity contribution is 5.81. The van der Waals surface area contributed by atoms with Gasteiger partial charge in [0.2, 0.25) is 5.91 Å². The lowest BCUT2D eigenvalue weighted by Gasteiger charge is -2.24. The molecule has 4 heteroatoms. The molecule has 0 radical (unpaired) electrons. The number of hydrogen-bond acceptors (Lipinski definition) is 3. The molecule has 1 amide bonds. The van der Waals surface area contributed by atoms with E-state index in [0.717, 1.165) is 32.4 Å². The van der Waals surface area contributed by atoms with Crippen LogP contribution in [0.15, 0.2) is 0 Å². The Balaban J connectivity index is 2.20. The van der Waals surface area contributed by atoms with E-state index < -0.39 is 0 Å². The maximum Gasteiger partial charge on any atom is 0.239 e. The zero-order chi connectivity index (χ0) is 12.7. The quantitative estimate of drug-likeness (QED) is 0.725. The number of rotatable bonds is 7. The summed E-state index contributed by atoms with van der Waals surface area (Å²) in [6, 6.07) is -0.307. The molecule has 1 rings (SSSR count). The largest absolute Gasteiger partial charge is 0.343 e. The van der Waals surface area contributed by atoms with Crippen LogP contribution in [0, 0.1) is 0 Å². The van der Waals surface area contributed by atoms with E-state index in [-0.39, 0.29) is 11.9 Å². The molecule has 0 aliphatic carbocycles. The zero-order valence-electron chi connectivity index (χ0n) is 11.3. The molecule has 0 unspecified atom stereocenters. The summed E-state index contributed by atoms with van der Waals surface area (Å²) in [5.41, 5.74) is 5.88. The first kappa shape index (κ1) is 14.5. The van der Waals surface area contributed by atoms with Gasteiger partial charge in [-0.05, 0) is 32.4 Å². The van der Waals surface area contributed by atoms with Gasteiger partial charge in [0.15, 0.2) is 0 Å². The zero-order valence-corrected chi connectivity index (χ0v) is 11.3. The van der Waals surface area contributed by atoms with Crippen molar-refractivity contribution in [2.45, 2.75) is 45.1 Å². The van der Waals surface area contributed by atoms with Crippen molar-refractivity contribution in [2.24, 2.45) is 5.73 Å². The van der Waals surface area contributed by atoms with E-state index in [0.29, 0.717) is 0 Å². The van der Waals surface area contributed by atoms with Gasteiger partial charge in [-0.1, -0.05) is 19.8 Å². The van der Waals surface area contributed by atoms with E-state index in [1.54, 1.807) is 4.90 Å². The minimum Gasteiger partial charge on any atom is -0.343 e. The molecule has 1 fully saturated rings. The number of amides is 1. The first-order chi connectivity index (χ1) is 8.15. The molecule has 0 aromatic rings. The van der Waals surface area contributed by atoms with E-state index in [1.165, 1.54) is 25.9 Å². The second-order valence-corrected chi connectivity index (χ2v) is 5.06. The van der Waals surface area contributed by atoms with Crippen molar-refractivity contribution < 1.29 is 4.79 Å². The van der Waals surface area contributed by atoms with Gasteiger partial charge < -0.3 is 15.5 Å². The van der Waals surface area contributed by atoms with Crippen LogP contribution < -0.4 is 5.73 Å². The SMILES string of the molecule is CCCC[C@H](N)C(=O)N(C)CCN1CCCC1. The second-order valence-electron chi connectivity index (χ2n) is 5.06. The Bertz CT molecular complexity index is 227. The van der Waals surface area contributed by atoms with Gasteiger partial charge in [-0.25, -0.2) is 0 Å². The van der Waals surface area contributed by atoms with Crippen LogP contribution in [0.3, 0.4) is 0 Å². The molecule has 1 atom stereocenters. The first-order valence-electron chi connectivity index (χ1n) is 6.88. The van der Waals surface area contributed by atoms with Crippen LogP contribution in [0.5, 0.6) is 0 Å². The average molecular weight is 241 g/mol. The summed E-state index contributed by atoms with van der Waals surface area (Å²) in [6.45, 7) is 6.28. The Labute approximate surface area is 105 Å². The molecule has 1 aliphatic rings. The van der Waals surface area contributed by atoms with E-state index in [2.05, 4.69) is 11.8 Å². The molecule has 0 bridgehead atoms. The van der Waals surface area contributed by atoms with Crippen LogP contribution in [0.25, 0.3) is 0 Å². The van der Waals surface area contributed by atoms with Gasteiger partial charge in [0, 0.05) is 20.1 Å². The Morgan fingerprint density at radius 2 is 2.06 bits per heavy atom. The minimum atomic E-state index is -0.307. The number of nitrogens with two attached hydrogens (primary N) is 1. The molecule has 1 aliphatic heterocycles.